The van der Waals surface area contributed by atoms with E-state index in [2.05, 4.69) is 71.9 Å². The zero-order valence-corrected chi connectivity index (χ0v) is 20.0. The van der Waals surface area contributed by atoms with Gasteiger partial charge in [-0.15, -0.1) is 11.3 Å². The van der Waals surface area contributed by atoms with Crippen molar-refractivity contribution in [2.75, 3.05) is 13.2 Å². The first-order valence-corrected chi connectivity index (χ1v) is 12.8. The molecule has 0 saturated heterocycles. The summed E-state index contributed by atoms with van der Waals surface area (Å²) < 4.78 is 5.58. The Bertz CT molecular complexity index is 1090. The number of fused-ring (bicyclic) bond motifs is 3. The first-order valence-electron chi connectivity index (χ1n) is 11.9. The first kappa shape index (κ1) is 23.1. The van der Waals surface area contributed by atoms with Crippen LogP contribution in [0, 0.1) is 11.8 Å². The standard InChI is InChI=1S/C29H31NO2S/c1-2-3-4-5-12-22-18-20-33-28(22)17-10-11-19-30-29(31)32-21-27-25-15-8-6-13-23(25)24-14-7-9-16-26(24)27/h6-9,13-16,18,20,27H,2-5,11-12,19,21H2,1H3,(H,30,31). The molecule has 1 N–H and O–H groups in total. The molecule has 0 bridgehead atoms. The molecule has 0 unspecified atom stereocenters. The molecule has 3 aromatic rings. The summed E-state index contributed by atoms with van der Waals surface area (Å²) in [5, 5.41) is 4.96. The van der Waals surface area contributed by atoms with Gasteiger partial charge in [-0.2, -0.15) is 0 Å². The van der Waals surface area contributed by atoms with Crippen molar-refractivity contribution in [2.45, 2.75) is 51.4 Å². The van der Waals surface area contributed by atoms with E-state index in [0.29, 0.717) is 19.6 Å². The van der Waals surface area contributed by atoms with Crippen molar-refractivity contribution >= 4 is 17.4 Å². The number of benzene rings is 2. The molecule has 3 nitrogen and oxygen atoms in total. The minimum absolute atomic E-state index is 0.0810. The highest BCUT2D eigenvalue weighted by Gasteiger charge is 2.28. The lowest BCUT2D eigenvalue weighted by molar-refractivity contribution is 0.143. The molecule has 4 heteroatoms. The zero-order chi connectivity index (χ0) is 22.9. The van der Waals surface area contributed by atoms with E-state index in [1.165, 1.54) is 53.5 Å². The third-order valence-corrected chi connectivity index (χ3v) is 6.98. The number of hydrogen-bond acceptors (Lipinski definition) is 3. The van der Waals surface area contributed by atoms with Crippen LogP contribution in [-0.2, 0) is 11.2 Å². The van der Waals surface area contributed by atoms with Crippen molar-refractivity contribution in [3.63, 3.8) is 0 Å². The normalized spacial score (nSPS) is 11.9. The Kier molecular flexibility index (Phi) is 8.22. The molecular formula is C29H31NO2S. The lowest BCUT2D eigenvalue weighted by Crippen LogP contribution is -2.26. The summed E-state index contributed by atoms with van der Waals surface area (Å²) in [4.78, 5) is 13.4. The summed E-state index contributed by atoms with van der Waals surface area (Å²) in [5.74, 6) is 6.56. The van der Waals surface area contributed by atoms with Crippen molar-refractivity contribution in [2.24, 2.45) is 0 Å². The zero-order valence-electron chi connectivity index (χ0n) is 19.2. The summed E-state index contributed by atoms with van der Waals surface area (Å²) >= 11 is 1.70. The molecular weight excluding hydrogens is 426 g/mol. The maximum atomic E-state index is 12.3. The van der Waals surface area contributed by atoms with Crippen LogP contribution in [0.3, 0.4) is 0 Å². The van der Waals surface area contributed by atoms with Crippen LogP contribution in [0.2, 0.25) is 0 Å². The minimum atomic E-state index is -0.383. The molecule has 170 valence electrons. The lowest BCUT2D eigenvalue weighted by atomic mass is 9.98. The van der Waals surface area contributed by atoms with Gasteiger partial charge in [0.2, 0.25) is 0 Å². The van der Waals surface area contributed by atoms with Crippen LogP contribution in [0.4, 0.5) is 4.79 Å². The fraction of sp³-hybridized carbons (Fsp3) is 0.345. The van der Waals surface area contributed by atoms with E-state index in [-0.39, 0.29) is 12.0 Å². The molecule has 0 atom stereocenters. The number of hydrogen-bond donors (Lipinski definition) is 1. The largest absolute Gasteiger partial charge is 0.449 e. The molecule has 0 aliphatic heterocycles. The van der Waals surface area contributed by atoms with Crippen LogP contribution in [0.25, 0.3) is 11.1 Å². The van der Waals surface area contributed by atoms with Gasteiger partial charge in [0.15, 0.2) is 0 Å². The SMILES string of the molecule is CCCCCCc1ccsc1C#CCCNC(=O)OCC1c2ccccc2-c2ccccc21. The van der Waals surface area contributed by atoms with Crippen LogP contribution in [-0.4, -0.2) is 19.2 Å². The molecule has 1 aromatic heterocycles. The van der Waals surface area contributed by atoms with Gasteiger partial charge in [0, 0.05) is 18.9 Å². The molecule has 0 spiro atoms. The van der Waals surface area contributed by atoms with Gasteiger partial charge >= 0.3 is 6.09 Å². The number of alkyl carbamates (subject to hydrolysis) is 1. The maximum Gasteiger partial charge on any atom is 0.407 e. The Hall–Kier alpha value is -3.03. The van der Waals surface area contributed by atoms with Gasteiger partial charge in [-0.3, -0.25) is 0 Å². The van der Waals surface area contributed by atoms with E-state index in [9.17, 15) is 4.79 Å². The van der Waals surface area contributed by atoms with Gasteiger partial charge < -0.3 is 10.1 Å². The second-order valence-corrected chi connectivity index (χ2v) is 9.31. The van der Waals surface area contributed by atoms with Crippen LogP contribution >= 0.6 is 11.3 Å². The number of aryl methyl sites for hydroxylation is 1. The predicted molar refractivity (Wildman–Crippen MR) is 137 cm³/mol. The molecule has 1 aliphatic rings. The Morgan fingerprint density at radius 1 is 1.00 bits per heavy atom. The van der Waals surface area contributed by atoms with Gasteiger partial charge in [0.05, 0.1) is 4.88 Å². The topological polar surface area (TPSA) is 38.3 Å². The van der Waals surface area contributed by atoms with Crippen molar-refractivity contribution in [1.82, 2.24) is 5.32 Å². The van der Waals surface area contributed by atoms with E-state index in [1.807, 2.05) is 12.1 Å². The molecule has 1 aliphatic carbocycles. The Labute approximate surface area is 201 Å². The highest BCUT2D eigenvalue weighted by atomic mass is 32.1. The predicted octanol–water partition coefficient (Wildman–Crippen LogP) is 7.15. The van der Waals surface area contributed by atoms with Crippen LogP contribution in [0.5, 0.6) is 0 Å². The van der Waals surface area contributed by atoms with Crippen molar-refractivity contribution in [3.05, 3.63) is 81.5 Å². The smallest absolute Gasteiger partial charge is 0.407 e. The van der Waals surface area contributed by atoms with Crippen molar-refractivity contribution in [3.8, 4) is 23.0 Å². The van der Waals surface area contributed by atoms with Crippen LogP contribution < -0.4 is 5.32 Å². The van der Waals surface area contributed by atoms with E-state index in [1.54, 1.807) is 11.3 Å². The minimum Gasteiger partial charge on any atom is -0.449 e. The molecule has 0 radical (unpaired) electrons. The maximum absolute atomic E-state index is 12.3. The van der Waals surface area contributed by atoms with Gasteiger partial charge in [0.25, 0.3) is 0 Å². The Balaban J connectivity index is 1.22. The van der Waals surface area contributed by atoms with Crippen molar-refractivity contribution < 1.29 is 9.53 Å². The summed E-state index contributed by atoms with van der Waals surface area (Å²) in [6.07, 6.45) is 6.39. The number of ether oxygens (including phenoxy) is 1. The molecule has 1 amide bonds. The van der Waals surface area contributed by atoms with Gasteiger partial charge in [-0.1, -0.05) is 86.6 Å². The number of unbranched alkanes of at least 4 members (excludes halogenated alkanes) is 3. The number of carbonyl (C=O) groups is 1. The summed E-state index contributed by atoms with van der Waals surface area (Å²) in [6, 6.07) is 18.9. The third-order valence-electron chi connectivity index (χ3n) is 6.11. The molecule has 33 heavy (non-hydrogen) atoms. The summed E-state index contributed by atoms with van der Waals surface area (Å²) in [5.41, 5.74) is 6.26. The Morgan fingerprint density at radius 2 is 1.73 bits per heavy atom. The fourth-order valence-electron chi connectivity index (χ4n) is 4.40. The Morgan fingerprint density at radius 3 is 2.45 bits per heavy atom. The van der Waals surface area contributed by atoms with Gasteiger partial charge in [0.1, 0.15) is 6.61 Å². The average Bonchev–Trinajstić information content (AvgIpc) is 3.42. The average molecular weight is 458 g/mol. The summed E-state index contributed by atoms with van der Waals surface area (Å²) in [7, 11) is 0. The molecule has 2 aromatic carbocycles. The number of carbonyl (C=O) groups excluding carboxylic acids is 1. The van der Waals surface area contributed by atoms with E-state index in [4.69, 9.17) is 4.74 Å². The van der Waals surface area contributed by atoms with E-state index in [0.717, 1.165) is 11.3 Å². The molecule has 4 rings (SSSR count). The molecule has 0 fully saturated rings. The number of amides is 1. The second-order valence-electron chi connectivity index (χ2n) is 8.39. The number of rotatable bonds is 9. The summed E-state index contributed by atoms with van der Waals surface area (Å²) in [6.45, 7) is 3.06. The van der Waals surface area contributed by atoms with Crippen LogP contribution in [0.15, 0.2) is 60.0 Å². The third kappa shape index (κ3) is 5.86. The second kappa shape index (κ2) is 11.7. The van der Waals surface area contributed by atoms with Gasteiger partial charge in [-0.05, 0) is 52.1 Å². The molecule has 1 heterocycles. The monoisotopic (exact) mass is 457 g/mol. The van der Waals surface area contributed by atoms with E-state index >= 15 is 0 Å². The van der Waals surface area contributed by atoms with Gasteiger partial charge in [-0.25, -0.2) is 4.79 Å². The van der Waals surface area contributed by atoms with Crippen molar-refractivity contribution in [1.29, 1.82) is 0 Å². The fourth-order valence-corrected chi connectivity index (χ4v) is 5.22. The van der Waals surface area contributed by atoms with E-state index < -0.39 is 0 Å². The van der Waals surface area contributed by atoms with Crippen LogP contribution in [0.1, 0.15) is 66.5 Å². The first-order chi connectivity index (χ1) is 16.3. The molecule has 0 saturated carbocycles. The number of thiophene rings is 1. The highest BCUT2D eigenvalue weighted by Crippen LogP contribution is 2.44. The lowest BCUT2D eigenvalue weighted by Gasteiger charge is -2.14. The number of nitrogens with one attached hydrogen (secondary N) is 1. The highest BCUT2D eigenvalue weighted by molar-refractivity contribution is 7.10. The quantitative estimate of drug-likeness (QED) is 0.274.